The van der Waals surface area contributed by atoms with Crippen LogP contribution in [0.25, 0.3) is 0 Å². The zero-order valence-corrected chi connectivity index (χ0v) is 15.5. The maximum Gasteiger partial charge on any atom is 0.267 e. The summed E-state index contributed by atoms with van der Waals surface area (Å²) in [6, 6.07) is 0. The van der Waals surface area contributed by atoms with E-state index in [1.54, 1.807) is 0 Å². The van der Waals surface area contributed by atoms with E-state index in [-0.39, 0.29) is 0 Å². The minimum Gasteiger partial charge on any atom is -0.285 e. The average molecular weight is 336 g/mol. The topological polar surface area (TPSA) is 54.4 Å². The quantitative estimate of drug-likeness (QED) is 0.591. The molecule has 1 saturated carbocycles. The first-order chi connectivity index (χ1) is 9.87. The van der Waals surface area contributed by atoms with Crippen molar-refractivity contribution >= 4 is 19.4 Å². The van der Waals surface area contributed by atoms with Gasteiger partial charge in [0, 0.05) is 0 Å². The van der Waals surface area contributed by atoms with Gasteiger partial charge in [-0.15, -0.1) is 9.24 Å². The van der Waals surface area contributed by atoms with Crippen LogP contribution in [0.1, 0.15) is 84.0 Å². The minimum absolute atomic E-state index is 0.347. The number of hydrogen-bond acceptors (Lipinski definition) is 2. The Kier molecular flexibility index (Phi) is 8.74. The third kappa shape index (κ3) is 7.95. The van der Waals surface area contributed by atoms with Gasteiger partial charge in [-0.05, 0) is 50.1 Å². The Morgan fingerprint density at radius 2 is 1.62 bits per heavy atom. The Morgan fingerprint density at radius 1 is 1.05 bits per heavy atom. The molecule has 0 aromatic rings. The zero-order chi connectivity index (χ0) is 15.8. The standard InChI is InChI=1S/C16H33O3PS/c1-16(13-8-14-20)11-6-4-2-3-5-9-15(10-7-12-16)21(17,18)19/h15H,2-14,20H2,1H3,(H,17,18,19). The largest absolute Gasteiger partial charge is 0.285 e. The molecule has 1 rings (SSSR count). The van der Waals surface area contributed by atoms with E-state index in [4.69, 9.17) is 0 Å². The molecule has 0 aliphatic heterocycles. The third-order valence-electron chi connectivity index (χ3n) is 5.02. The molecule has 3 unspecified atom stereocenters. The zero-order valence-electron chi connectivity index (χ0n) is 13.5. The van der Waals surface area contributed by atoms with E-state index in [1.807, 2.05) is 0 Å². The van der Waals surface area contributed by atoms with E-state index in [0.717, 1.165) is 31.8 Å². The van der Waals surface area contributed by atoms with E-state index in [0.29, 0.717) is 18.3 Å². The predicted molar refractivity (Wildman–Crippen MR) is 93.4 cm³/mol. The molecule has 0 spiro atoms. The molecule has 3 atom stereocenters. The fourth-order valence-electron chi connectivity index (χ4n) is 3.56. The van der Waals surface area contributed by atoms with Gasteiger partial charge >= 0.3 is 0 Å². The summed E-state index contributed by atoms with van der Waals surface area (Å²) in [5.41, 5.74) is 0.347. The lowest BCUT2D eigenvalue weighted by Gasteiger charge is -2.31. The van der Waals surface area contributed by atoms with Crippen molar-refractivity contribution in [2.24, 2.45) is 5.41 Å². The van der Waals surface area contributed by atoms with E-state index in [2.05, 4.69) is 16.2 Å². The van der Waals surface area contributed by atoms with Gasteiger partial charge in [0.2, 0.25) is 0 Å². The Morgan fingerprint density at radius 3 is 2.29 bits per heavy atom. The Hall–Kier alpha value is 0.340. The molecule has 0 aromatic heterocycles. The number of rotatable bonds is 4. The molecule has 1 N–H and O–H groups in total. The van der Waals surface area contributed by atoms with Crippen molar-refractivity contribution in [1.29, 1.82) is 0 Å². The molecule has 0 bridgehead atoms. The summed E-state index contributed by atoms with van der Waals surface area (Å²) in [5.74, 6) is 0. The van der Waals surface area contributed by atoms with Crippen LogP contribution in [-0.2, 0) is 10.1 Å². The summed E-state index contributed by atoms with van der Waals surface area (Å²) in [6.45, 7) is 2.36. The van der Waals surface area contributed by atoms with Crippen molar-refractivity contribution in [3.8, 4) is 0 Å². The lowest BCUT2D eigenvalue weighted by Crippen LogP contribution is -2.23. The summed E-state index contributed by atoms with van der Waals surface area (Å²) in [4.78, 5) is 0. The van der Waals surface area contributed by atoms with Gasteiger partial charge in [-0.2, -0.15) is 8.42 Å². The first-order valence-electron chi connectivity index (χ1n) is 8.54. The predicted octanol–water partition coefficient (Wildman–Crippen LogP) is 4.82. The second kappa shape index (κ2) is 9.47. The molecule has 126 valence electrons. The van der Waals surface area contributed by atoms with Crippen LogP contribution in [-0.4, -0.2) is 24.4 Å². The normalized spacial score (nSPS) is 30.3. The SMILES string of the molecule is CC1(CCCP)CCCCCCCC(S(=O)(=O)O)CCC1. The molecule has 0 saturated heterocycles. The Labute approximate surface area is 133 Å². The second-order valence-corrected chi connectivity index (χ2v) is 9.31. The molecule has 5 heteroatoms. The average Bonchev–Trinajstić information content (AvgIpc) is 2.39. The fourth-order valence-corrected chi connectivity index (χ4v) is 4.69. The van der Waals surface area contributed by atoms with Gasteiger partial charge in [0.15, 0.2) is 0 Å². The second-order valence-electron chi connectivity index (χ2n) is 7.04. The molecule has 0 aromatic carbocycles. The minimum atomic E-state index is -3.87. The van der Waals surface area contributed by atoms with Gasteiger partial charge in [0.1, 0.15) is 0 Å². The van der Waals surface area contributed by atoms with Gasteiger partial charge in [-0.1, -0.05) is 45.4 Å². The van der Waals surface area contributed by atoms with Crippen LogP contribution in [0, 0.1) is 5.41 Å². The van der Waals surface area contributed by atoms with Crippen LogP contribution < -0.4 is 0 Å². The first kappa shape index (κ1) is 19.4. The van der Waals surface area contributed by atoms with E-state index < -0.39 is 15.4 Å². The summed E-state index contributed by atoms with van der Waals surface area (Å²) in [5, 5.41) is -0.539. The lowest BCUT2D eigenvalue weighted by atomic mass is 9.76. The molecule has 21 heavy (non-hydrogen) atoms. The highest BCUT2D eigenvalue weighted by molar-refractivity contribution is 7.86. The highest BCUT2D eigenvalue weighted by Crippen LogP contribution is 2.37. The van der Waals surface area contributed by atoms with Crippen LogP contribution in [0.15, 0.2) is 0 Å². The summed E-state index contributed by atoms with van der Waals surface area (Å²) < 4.78 is 32.4. The van der Waals surface area contributed by atoms with Gasteiger partial charge in [0.25, 0.3) is 10.1 Å². The molecule has 0 amide bonds. The molecule has 1 fully saturated rings. The molecule has 0 radical (unpaired) electrons. The van der Waals surface area contributed by atoms with Crippen LogP contribution >= 0.6 is 9.24 Å². The van der Waals surface area contributed by atoms with Crippen LogP contribution in [0.4, 0.5) is 0 Å². The first-order valence-corrected chi connectivity index (χ1v) is 10.9. The van der Waals surface area contributed by atoms with Crippen molar-refractivity contribution in [3.05, 3.63) is 0 Å². The lowest BCUT2D eigenvalue weighted by molar-refractivity contribution is 0.227. The van der Waals surface area contributed by atoms with E-state index in [1.165, 1.54) is 38.5 Å². The summed E-state index contributed by atoms with van der Waals surface area (Å²) in [6.07, 6.45) is 13.9. The molecule has 3 nitrogen and oxygen atoms in total. The summed E-state index contributed by atoms with van der Waals surface area (Å²) >= 11 is 0. The van der Waals surface area contributed by atoms with Gasteiger partial charge < -0.3 is 0 Å². The van der Waals surface area contributed by atoms with Crippen molar-refractivity contribution in [3.63, 3.8) is 0 Å². The van der Waals surface area contributed by atoms with Crippen molar-refractivity contribution in [2.45, 2.75) is 89.2 Å². The molecular weight excluding hydrogens is 303 g/mol. The van der Waals surface area contributed by atoms with Gasteiger partial charge in [-0.25, -0.2) is 0 Å². The van der Waals surface area contributed by atoms with Gasteiger partial charge in [0.05, 0.1) is 5.25 Å². The van der Waals surface area contributed by atoms with Crippen molar-refractivity contribution in [2.75, 3.05) is 6.16 Å². The van der Waals surface area contributed by atoms with Crippen LogP contribution in [0.2, 0.25) is 0 Å². The van der Waals surface area contributed by atoms with Gasteiger partial charge in [-0.3, -0.25) is 4.55 Å². The highest BCUT2D eigenvalue weighted by atomic mass is 32.2. The monoisotopic (exact) mass is 336 g/mol. The number of hydrogen-bond donors (Lipinski definition) is 1. The van der Waals surface area contributed by atoms with Crippen molar-refractivity contribution in [1.82, 2.24) is 0 Å². The van der Waals surface area contributed by atoms with E-state index in [9.17, 15) is 13.0 Å². The van der Waals surface area contributed by atoms with Crippen LogP contribution in [0.5, 0.6) is 0 Å². The third-order valence-corrected chi connectivity index (χ3v) is 6.74. The summed E-state index contributed by atoms with van der Waals surface area (Å²) in [7, 11) is -1.07. The molecular formula is C16H33O3PS. The Bertz CT molecular complexity index is 383. The highest BCUT2D eigenvalue weighted by Gasteiger charge is 2.27. The maximum absolute atomic E-state index is 11.5. The maximum atomic E-state index is 11.5. The fraction of sp³-hybridized carbons (Fsp3) is 1.00. The Balaban J connectivity index is 2.64. The molecule has 1 aliphatic carbocycles. The van der Waals surface area contributed by atoms with Crippen LogP contribution in [0.3, 0.4) is 0 Å². The smallest absolute Gasteiger partial charge is 0.267 e. The van der Waals surface area contributed by atoms with E-state index >= 15 is 0 Å². The van der Waals surface area contributed by atoms with Crippen molar-refractivity contribution < 1.29 is 13.0 Å². The molecule has 0 heterocycles. The molecule has 1 aliphatic rings.